The van der Waals surface area contributed by atoms with Crippen LogP contribution >= 0.6 is 36.4 Å². The zero-order valence-corrected chi connectivity index (χ0v) is 19.5. The van der Waals surface area contributed by atoms with Crippen molar-refractivity contribution in [1.29, 1.82) is 0 Å². The van der Waals surface area contributed by atoms with Gasteiger partial charge in [-0.3, -0.25) is 9.69 Å². The van der Waals surface area contributed by atoms with Crippen LogP contribution < -0.4 is 10.6 Å². The number of carbonyl (C=O) groups excluding carboxylic acids is 1. The molecule has 0 aromatic heterocycles. The largest absolute Gasteiger partial charge is 0.379 e. The van der Waals surface area contributed by atoms with Crippen molar-refractivity contribution in [3.8, 4) is 0 Å². The molecule has 8 heteroatoms. The van der Waals surface area contributed by atoms with E-state index in [1.54, 1.807) is 0 Å². The lowest BCUT2D eigenvalue weighted by Crippen LogP contribution is -2.44. The van der Waals surface area contributed by atoms with Crippen molar-refractivity contribution in [2.45, 2.75) is 32.2 Å². The van der Waals surface area contributed by atoms with Gasteiger partial charge >= 0.3 is 0 Å². The first-order chi connectivity index (χ1) is 13.1. The van der Waals surface area contributed by atoms with Gasteiger partial charge in [-0.2, -0.15) is 0 Å². The van der Waals surface area contributed by atoms with E-state index in [-0.39, 0.29) is 36.8 Å². The predicted octanol–water partition coefficient (Wildman–Crippen LogP) is 3.70. The molecular weight excluding hydrogens is 433 g/mol. The summed E-state index contributed by atoms with van der Waals surface area (Å²) < 4.78 is 5.50. The first kappa shape index (κ1) is 26.5. The van der Waals surface area contributed by atoms with Gasteiger partial charge in [0, 0.05) is 31.1 Å². The number of benzene rings is 1. The van der Waals surface area contributed by atoms with Crippen LogP contribution in [0.2, 0.25) is 5.02 Å². The van der Waals surface area contributed by atoms with Crippen LogP contribution in [0.5, 0.6) is 0 Å². The van der Waals surface area contributed by atoms with Gasteiger partial charge in [0.05, 0.1) is 19.3 Å². The van der Waals surface area contributed by atoms with E-state index in [0.717, 1.165) is 44.4 Å². The third-order valence-corrected chi connectivity index (χ3v) is 6.18. The number of carbonyl (C=O) groups is 1. The molecule has 2 atom stereocenters. The van der Waals surface area contributed by atoms with Crippen molar-refractivity contribution in [1.82, 2.24) is 15.5 Å². The molecule has 1 aromatic carbocycles. The molecule has 5 nitrogen and oxygen atoms in total. The number of amides is 1. The standard InChI is InChI=1S/C21H32ClN3O2.2ClH/c1-16(17-6-8-23-9-7-17)14-21(26)24-15-20(25-10-12-27-13-11-25)18-2-4-19(22)5-3-18;;/h2-5,16-17,20,23H,6-15H2,1H3,(H,24,26);2*1H. The molecule has 1 amide bonds. The molecule has 3 rings (SSSR count). The molecule has 2 unspecified atom stereocenters. The summed E-state index contributed by atoms with van der Waals surface area (Å²) in [5, 5.41) is 7.32. The molecule has 0 spiro atoms. The molecule has 1 aromatic rings. The Hall–Kier alpha value is -0.560. The van der Waals surface area contributed by atoms with E-state index < -0.39 is 0 Å². The second-order valence-electron chi connectivity index (χ2n) is 7.79. The minimum absolute atomic E-state index is 0. The van der Waals surface area contributed by atoms with Gasteiger partial charge in [0.15, 0.2) is 0 Å². The summed E-state index contributed by atoms with van der Waals surface area (Å²) in [4.78, 5) is 15.0. The van der Waals surface area contributed by atoms with Crippen LogP contribution in [0.15, 0.2) is 24.3 Å². The van der Waals surface area contributed by atoms with Crippen molar-refractivity contribution in [3.63, 3.8) is 0 Å². The van der Waals surface area contributed by atoms with E-state index in [1.165, 1.54) is 18.4 Å². The van der Waals surface area contributed by atoms with Crippen molar-refractivity contribution in [2.24, 2.45) is 11.8 Å². The molecular formula is C21H34Cl3N3O2. The molecule has 2 aliphatic rings. The van der Waals surface area contributed by atoms with Gasteiger partial charge in [0.2, 0.25) is 5.91 Å². The van der Waals surface area contributed by atoms with Crippen LogP contribution in [0.1, 0.15) is 37.8 Å². The number of morpholine rings is 1. The van der Waals surface area contributed by atoms with Crippen LogP contribution in [-0.2, 0) is 9.53 Å². The fourth-order valence-electron chi connectivity index (χ4n) is 4.19. The number of nitrogens with zero attached hydrogens (tertiary/aromatic N) is 1. The van der Waals surface area contributed by atoms with Gasteiger partial charge in [-0.15, -0.1) is 24.8 Å². The number of hydrogen-bond donors (Lipinski definition) is 2. The van der Waals surface area contributed by atoms with E-state index in [4.69, 9.17) is 16.3 Å². The Bertz CT molecular complexity index is 591. The predicted molar refractivity (Wildman–Crippen MR) is 123 cm³/mol. The van der Waals surface area contributed by atoms with Gasteiger partial charge in [0.1, 0.15) is 0 Å². The highest BCUT2D eigenvalue weighted by Gasteiger charge is 2.25. The topological polar surface area (TPSA) is 53.6 Å². The molecule has 0 aliphatic carbocycles. The molecule has 2 heterocycles. The molecule has 0 radical (unpaired) electrons. The normalized spacial score (nSPS) is 20.1. The highest BCUT2D eigenvalue weighted by molar-refractivity contribution is 6.30. The second-order valence-corrected chi connectivity index (χ2v) is 8.23. The molecule has 2 N–H and O–H groups in total. The van der Waals surface area contributed by atoms with Crippen LogP contribution in [-0.4, -0.2) is 56.7 Å². The number of ether oxygens (including phenoxy) is 1. The molecule has 2 aliphatic heterocycles. The Morgan fingerprint density at radius 1 is 1.21 bits per heavy atom. The number of nitrogens with one attached hydrogen (secondary N) is 2. The minimum atomic E-state index is 0. The average molecular weight is 467 g/mol. The van der Waals surface area contributed by atoms with Gasteiger partial charge < -0.3 is 15.4 Å². The Balaban J connectivity index is 0.00000210. The fraction of sp³-hybridized carbons (Fsp3) is 0.667. The first-order valence-electron chi connectivity index (χ1n) is 10.2. The third-order valence-electron chi connectivity index (χ3n) is 5.93. The Morgan fingerprint density at radius 2 is 1.83 bits per heavy atom. The number of hydrogen-bond acceptors (Lipinski definition) is 4. The monoisotopic (exact) mass is 465 g/mol. The Morgan fingerprint density at radius 3 is 2.45 bits per heavy atom. The van der Waals surface area contributed by atoms with E-state index >= 15 is 0 Å². The fourth-order valence-corrected chi connectivity index (χ4v) is 4.31. The summed E-state index contributed by atoms with van der Waals surface area (Å²) in [5.74, 6) is 1.25. The summed E-state index contributed by atoms with van der Waals surface area (Å²) in [6.07, 6.45) is 2.96. The maximum absolute atomic E-state index is 12.6. The molecule has 2 saturated heterocycles. The summed E-state index contributed by atoms with van der Waals surface area (Å²) in [5.41, 5.74) is 1.19. The zero-order chi connectivity index (χ0) is 19.1. The molecule has 166 valence electrons. The minimum Gasteiger partial charge on any atom is -0.379 e. The van der Waals surface area contributed by atoms with E-state index in [2.05, 4.69) is 34.6 Å². The summed E-state index contributed by atoms with van der Waals surface area (Å²) in [6, 6.07) is 8.12. The molecule has 0 bridgehead atoms. The summed E-state index contributed by atoms with van der Waals surface area (Å²) in [6.45, 7) is 8.24. The van der Waals surface area contributed by atoms with Gasteiger partial charge in [-0.1, -0.05) is 30.7 Å². The van der Waals surface area contributed by atoms with Crippen molar-refractivity contribution in [2.75, 3.05) is 45.9 Å². The maximum Gasteiger partial charge on any atom is 0.220 e. The zero-order valence-electron chi connectivity index (χ0n) is 17.1. The third kappa shape index (κ3) is 8.23. The van der Waals surface area contributed by atoms with Crippen LogP contribution in [0.4, 0.5) is 0 Å². The van der Waals surface area contributed by atoms with E-state index in [0.29, 0.717) is 24.8 Å². The smallest absolute Gasteiger partial charge is 0.220 e. The molecule has 2 fully saturated rings. The van der Waals surface area contributed by atoms with Crippen LogP contribution in [0, 0.1) is 11.8 Å². The summed E-state index contributed by atoms with van der Waals surface area (Å²) in [7, 11) is 0. The average Bonchev–Trinajstić information content (AvgIpc) is 2.71. The maximum atomic E-state index is 12.6. The second kappa shape index (κ2) is 13.7. The molecule has 29 heavy (non-hydrogen) atoms. The van der Waals surface area contributed by atoms with Gasteiger partial charge in [0.25, 0.3) is 0 Å². The number of halogens is 3. The number of rotatable bonds is 7. The van der Waals surface area contributed by atoms with E-state index in [1.807, 2.05) is 12.1 Å². The van der Waals surface area contributed by atoms with Crippen molar-refractivity contribution in [3.05, 3.63) is 34.9 Å². The Labute approximate surface area is 192 Å². The van der Waals surface area contributed by atoms with Crippen LogP contribution in [0.3, 0.4) is 0 Å². The van der Waals surface area contributed by atoms with Gasteiger partial charge in [-0.25, -0.2) is 0 Å². The number of piperidine rings is 1. The lowest BCUT2D eigenvalue weighted by molar-refractivity contribution is -0.122. The highest BCUT2D eigenvalue weighted by atomic mass is 35.5. The highest BCUT2D eigenvalue weighted by Crippen LogP contribution is 2.25. The lowest BCUT2D eigenvalue weighted by atomic mass is 9.84. The molecule has 0 saturated carbocycles. The summed E-state index contributed by atoms with van der Waals surface area (Å²) >= 11 is 6.05. The van der Waals surface area contributed by atoms with Gasteiger partial charge in [-0.05, 0) is 55.5 Å². The quantitative estimate of drug-likeness (QED) is 0.643. The van der Waals surface area contributed by atoms with Crippen molar-refractivity contribution < 1.29 is 9.53 Å². The Kier molecular flexibility index (Phi) is 12.5. The SMILES string of the molecule is CC(CC(=O)NCC(c1ccc(Cl)cc1)N1CCOCC1)C1CCNCC1.Cl.Cl. The van der Waals surface area contributed by atoms with Crippen molar-refractivity contribution >= 4 is 42.3 Å². The van der Waals surface area contributed by atoms with E-state index in [9.17, 15) is 4.79 Å². The van der Waals surface area contributed by atoms with Crippen LogP contribution in [0.25, 0.3) is 0 Å². The lowest BCUT2D eigenvalue weighted by Gasteiger charge is -2.35. The first-order valence-corrected chi connectivity index (χ1v) is 10.6.